The Labute approximate surface area is 142 Å². The van der Waals surface area contributed by atoms with E-state index in [2.05, 4.69) is 0 Å². The number of rotatable bonds is 9. The second-order valence-corrected chi connectivity index (χ2v) is 5.96. The van der Waals surface area contributed by atoms with Crippen LogP contribution < -0.4 is 11.5 Å². The smallest absolute Gasteiger partial charge is 0.179 e. The van der Waals surface area contributed by atoms with Crippen LogP contribution in [0, 0.1) is 0 Å². The largest absolute Gasteiger partial charge is 0.321 e. The van der Waals surface area contributed by atoms with Gasteiger partial charge in [0.15, 0.2) is 11.6 Å². The number of hydrogen-bond acceptors (Lipinski definition) is 4. The third kappa shape index (κ3) is 5.11. The van der Waals surface area contributed by atoms with Crippen molar-refractivity contribution in [3.63, 3.8) is 0 Å². The number of Topliss-reactive ketones (excluding diaryl/α,β-unsaturated/α-hetero) is 2. The lowest BCUT2D eigenvalue weighted by atomic mass is 9.96. The Morgan fingerprint density at radius 3 is 1.33 bits per heavy atom. The molecule has 0 aliphatic heterocycles. The van der Waals surface area contributed by atoms with Gasteiger partial charge in [-0.15, -0.1) is 0 Å². The van der Waals surface area contributed by atoms with Crippen molar-refractivity contribution in [3.8, 4) is 0 Å². The summed E-state index contributed by atoms with van der Waals surface area (Å²) in [5.74, 6) is -0.0829. The molecule has 0 fully saturated rings. The SMILES string of the molecule is N[C@@H](CCCC[C@H](N)C(=O)c1ccccc1)C(=O)c1ccccc1. The molecule has 0 amide bonds. The number of carbonyl (C=O) groups is 2. The predicted octanol–water partition coefficient (Wildman–Crippen LogP) is 2.97. The third-order valence-electron chi connectivity index (χ3n) is 4.07. The van der Waals surface area contributed by atoms with Crippen LogP contribution in [0.5, 0.6) is 0 Å². The molecule has 0 spiro atoms. The van der Waals surface area contributed by atoms with Crippen molar-refractivity contribution in [3.05, 3.63) is 71.8 Å². The summed E-state index contributed by atoms with van der Waals surface area (Å²) in [6.07, 6.45) is 2.74. The van der Waals surface area contributed by atoms with Gasteiger partial charge >= 0.3 is 0 Å². The van der Waals surface area contributed by atoms with E-state index in [0.29, 0.717) is 24.0 Å². The highest BCUT2D eigenvalue weighted by Gasteiger charge is 2.17. The van der Waals surface area contributed by atoms with Crippen LogP contribution >= 0.6 is 0 Å². The van der Waals surface area contributed by atoms with Gasteiger partial charge in [-0.3, -0.25) is 9.59 Å². The fourth-order valence-electron chi connectivity index (χ4n) is 2.62. The molecule has 4 N–H and O–H groups in total. The van der Waals surface area contributed by atoms with E-state index in [1.807, 2.05) is 36.4 Å². The molecule has 2 atom stereocenters. The Morgan fingerprint density at radius 2 is 1.00 bits per heavy atom. The highest BCUT2D eigenvalue weighted by Crippen LogP contribution is 2.11. The van der Waals surface area contributed by atoms with Crippen molar-refractivity contribution >= 4 is 11.6 Å². The number of benzene rings is 2. The minimum atomic E-state index is -0.506. The van der Waals surface area contributed by atoms with Gasteiger partial charge in [-0.2, -0.15) is 0 Å². The first-order valence-corrected chi connectivity index (χ1v) is 8.29. The molecule has 2 aromatic rings. The maximum absolute atomic E-state index is 12.2. The number of ketones is 2. The molecule has 4 nitrogen and oxygen atoms in total. The zero-order chi connectivity index (χ0) is 17.4. The summed E-state index contributed by atoms with van der Waals surface area (Å²) in [7, 11) is 0. The zero-order valence-electron chi connectivity index (χ0n) is 13.7. The van der Waals surface area contributed by atoms with Gasteiger partial charge in [-0.25, -0.2) is 0 Å². The molecule has 24 heavy (non-hydrogen) atoms. The fraction of sp³-hybridized carbons (Fsp3) is 0.300. The first-order chi connectivity index (χ1) is 11.6. The minimum Gasteiger partial charge on any atom is -0.321 e. The quantitative estimate of drug-likeness (QED) is 0.548. The lowest BCUT2D eigenvalue weighted by Gasteiger charge is -2.13. The number of unbranched alkanes of at least 4 members (excludes halogenated alkanes) is 1. The Bertz CT molecular complexity index is 596. The van der Waals surface area contributed by atoms with Crippen molar-refractivity contribution in [2.45, 2.75) is 37.8 Å². The maximum Gasteiger partial charge on any atom is 0.179 e. The average molecular weight is 324 g/mol. The molecule has 0 aliphatic carbocycles. The van der Waals surface area contributed by atoms with E-state index in [1.54, 1.807) is 24.3 Å². The van der Waals surface area contributed by atoms with Gasteiger partial charge in [0, 0.05) is 11.1 Å². The molecule has 0 saturated carbocycles. The van der Waals surface area contributed by atoms with Crippen molar-refractivity contribution in [2.24, 2.45) is 11.5 Å². The van der Waals surface area contributed by atoms with Crippen LogP contribution in [0.2, 0.25) is 0 Å². The van der Waals surface area contributed by atoms with E-state index < -0.39 is 12.1 Å². The van der Waals surface area contributed by atoms with Gasteiger partial charge in [0.25, 0.3) is 0 Å². The monoisotopic (exact) mass is 324 g/mol. The molecule has 2 aromatic carbocycles. The zero-order valence-corrected chi connectivity index (χ0v) is 13.7. The van der Waals surface area contributed by atoms with E-state index in [9.17, 15) is 9.59 Å². The van der Waals surface area contributed by atoms with E-state index in [-0.39, 0.29) is 11.6 Å². The fourth-order valence-corrected chi connectivity index (χ4v) is 2.62. The van der Waals surface area contributed by atoms with Crippen LogP contribution in [0.1, 0.15) is 46.4 Å². The first-order valence-electron chi connectivity index (χ1n) is 8.29. The molecule has 0 bridgehead atoms. The van der Waals surface area contributed by atoms with Crippen LogP contribution in [0.4, 0.5) is 0 Å². The lowest BCUT2D eigenvalue weighted by molar-refractivity contribution is 0.0942. The van der Waals surface area contributed by atoms with Gasteiger partial charge in [0.1, 0.15) is 0 Å². The van der Waals surface area contributed by atoms with E-state index in [1.165, 1.54) is 0 Å². The summed E-state index contributed by atoms with van der Waals surface area (Å²) >= 11 is 0. The molecule has 2 rings (SSSR count). The Hall–Kier alpha value is -2.30. The topological polar surface area (TPSA) is 86.2 Å². The molecule has 0 heterocycles. The van der Waals surface area contributed by atoms with Crippen molar-refractivity contribution in [1.29, 1.82) is 0 Å². The van der Waals surface area contributed by atoms with E-state index >= 15 is 0 Å². The summed E-state index contributed by atoms with van der Waals surface area (Å²) in [4.78, 5) is 24.3. The molecule has 126 valence electrons. The molecule has 0 radical (unpaired) electrons. The normalized spacial score (nSPS) is 13.2. The first kappa shape index (κ1) is 18.0. The van der Waals surface area contributed by atoms with Crippen molar-refractivity contribution in [2.75, 3.05) is 0 Å². The van der Waals surface area contributed by atoms with E-state index in [0.717, 1.165) is 12.8 Å². The van der Waals surface area contributed by atoms with E-state index in [4.69, 9.17) is 11.5 Å². The Morgan fingerprint density at radius 1 is 0.667 bits per heavy atom. The second-order valence-electron chi connectivity index (χ2n) is 5.96. The van der Waals surface area contributed by atoms with Gasteiger partial charge in [0.2, 0.25) is 0 Å². The minimum absolute atomic E-state index is 0.0414. The number of carbonyl (C=O) groups excluding carboxylic acids is 2. The average Bonchev–Trinajstić information content (AvgIpc) is 2.65. The van der Waals surface area contributed by atoms with Gasteiger partial charge in [-0.1, -0.05) is 73.5 Å². The second kappa shape index (κ2) is 9.11. The molecule has 0 aromatic heterocycles. The number of nitrogens with two attached hydrogens (primary N) is 2. The third-order valence-corrected chi connectivity index (χ3v) is 4.07. The molecule has 0 aliphatic rings. The van der Waals surface area contributed by atoms with Crippen molar-refractivity contribution in [1.82, 2.24) is 0 Å². The highest BCUT2D eigenvalue weighted by molar-refractivity contribution is 6.00. The highest BCUT2D eigenvalue weighted by atomic mass is 16.1. The van der Waals surface area contributed by atoms with Crippen LogP contribution in [0.15, 0.2) is 60.7 Å². The number of hydrogen-bond donors (Lipinski definition) is 2. The summed E-state index contributed by atoms with van der Waals surface area (Å²) in [5, 5.41) is 0. The van der Waals surface area contributed by atoms with Gasteiger partial charge < -0.3 is 11.5 Å². The summed E-state index contributed by atoms with van der Waals surface area (Å²) in [6, 6.07) is 17.1. The molecular formula is C20H24N2O2. The van der Waals surface area contributed by atoms with Crippen LogP contribution in [-0.4, -0.2) is 23.7 Å². The van der Waals surface area contributed by atoms with Crippen LogP contribution in [0.25, 0.3) is 0 Å². The summed E-state index contributed by atoms with van der Waals surface area (Å²) < 4.78 is 0. The Kier molecular flexibility index (Phi) is 6.85. The molecule has 0 unspecified atom stereocenters. The van der Waals surface area contributed by atoms with Crippen molar-refractivity contribution < 1.29 is 9.59 Å². The standard InChI is InChI=1S/C20H24N2O2/c21-17(19(23)15-9-3-1-4-10-15)13-7-8-14-18(22)20(24)16-11-5-2-6-12-16/h1-6,9-12,17-18H,7-8,13-14,21-22H2/t17-,18-/m0/s1. The summed E-state index contributed by atoms with van der Waals surface area (Å²) in [5.41, 5.74) is 13.2. The molecule has 0 saturated heterocycles. The molecular weight excluding hydrogens is 300 g/mol. The van der Waals surface area contributed by atoms with Crippen LogP contribution in [0.3, 0.4) is 0 Å². The molecule has 4 heteroatoms. The lowest BCUT2D eigenvalue weighted by Crippen LogP contribution is -2.32. The van der Waals surface area contributed by atoms with Gasteiger partial charge in [0.05, 0.1) is 12.1 Å². The van der Waals surface area contributed by atoms with Gasteiger partial charge in [-0.05, 0) is 12.8 Å². The Balaban J connectivity index is 1.72. The van der Waals surface area contributed by atoms with Crippen LogP contribution in [-0.2, 0) is 0 Å². The maximum atomic E-state index is 12.2. The predicted molar refractivity (Wildman–Crippen MR) is 96.0 cm³/mol. The summed E-state index contributed by atoms with van der Waals surface area (Å²) in [6.45, 7) is 0.